The summed E-state index contributed by atoms with van der Waals surface area (Å²) in [6, 6.07) is 9.01. The summed E-state index contributed by atoms with van der Waals surface area (Å²) in [4.78, 5) is 9.47. The van der Waals surface area contributed by atoms with Gasteiger partial charge in [-0.25, -0.2) is 9.97 Å². The normalized spacial score (nSPS) is 18.4. The first-order chi connectivity index (χ1) is 13.5. The summed E-state index contributed by atoms with van der Waals surface area (Å²) in [6.45, 7) is 16.5. The van der Waals surface area contributed by atoms with Gasteiger partial charge >= 0.3 is 0 Å². The average molecular weight is 383 g/mol. The van der Waals surface area contributed by atoms with Crippen molar-refractivity contribution >= 4 is 0 Å². The van der Waals surface area contributed by atoms with Gasteiger partial charge in [0, 0.05) is 17.8 Å². The van der Waals surface area contributed by atoms with Gasteiger partial charge < -0.3 is 0 Å². The van der Waals surface area contributed by atoms with Crippen LogP contribution in [0.25, 0.3) is 0 Å². The molecule has 2 atom stereocenters. The van der Waals surface area contributed by atoms with Crippen LogP contribution in [0.4, 0.5) is 0 Å². The largest absolute Gasteiger partial charge is 0.238 e. The van der Waals surface area contributed by atoms with Crippen molar-refractivity contribution in [1.82, 2.24) is 9.97 Å². The number of rotatable bonds is 4. The van der Waals surface area contributed by atoms with Crippen LogP contribution in [0.15, 0.2) is 24.3 Å². The van der Waals surface area contributed by atoms with Gasteiger partial charge in [0.1, 0.15) is 5.82 Å². The highest BCUT2D eigenvalue weighted by molar-refractivity contribution is 5.23. The van der Waals surface area contributed by atoms with Gasteiger partial charge in [-0.2, -0.15) is 0 Å². The van der Waals surface area contributed by atoms with Gasteiger partial charge in [-0.3, -0.25) is 0 Å². The van der Waals surface area contributed by atoms with E-state index in [1.165, 1.54) is 48.8 Å². The van der Waals surface area contributed by atoms with E-state index >= 15 is 0 Å². The fourth-order valence-corrected chi connectivity index (χ4v) is 4.14. The van der Waals surface area contributed by atoms with E-state index in [0.717, 1.165) is 35.5 Å². The predicted octanol–water partition coefficient (Wildman–Crippen LogP) is 7.35. The van der Waals surface area contributed by atoms with E-state index in [0.29, 0.717) is 0 Å². The van der Waals surface area contributed by atoms with E-state index in [9.17, 15) is 0 Å². The molecule has 3 rings (SSSR count). The van der Waals surface area contributed by atoms with Crippen LogP contribution in [0.5, 0.6) is 0 Å². The average Bonchev–Trinajstić information content (AvgIpc) is 2.69. The molecule has 0 amide bonds. The molecule has 156 valence electrons. The van der Waals surface area contributed by atoms with E-state index in [-0.39, 0.29) is 0 Å². The minimum absolute atomic E-state index is 0.745. The van der Waals surface area contributed by atoms with Crippen molar-refractivity contribution < 1.29 is 0 Å². The van der Waals surface area contributed by atoms with Crippen molar-refractivity contribution in [3.63, 3.8) is 0 Å². The lowest BCUT2D eigenvalue weighted by Gasteiger charge is -2.29. The molecule has 1 aliphatic rings. The van der Waals surface area contributed by atoms with E-state index in [1.54, 1.807) is 0 Å². The first-order valence-corrected chi connectivity index (χ1v) is 11.4. The van der Waals surface area contributed by atoms with Crippen LogP contribution in [0.1, 0.15) is 87.3 Å². The summed E-state index contributed by atoms with van der Waals surface area (Å²) in [5.41, 5.74) is 6.40. The maximum atomic E-state index is 4.74. The van der Waals surface area contributed by atoms with Crippen LogP contribution in [-0.2, 0) is 12.8 Å². The van der Waals surface area contributed by atoms with Crippen LogP contribution in [-0.4, -0.2) is 9.97 Å². The van der Waals surface area contributed by atoms with Crippen molar-refractivity contribution in [2.24, 2.45) is 11.8 Å². The Hall–Kier alpha value is -1.70. The van der Waals surface area contributed by atoms with Crippen molar-refractivity contribution in [3.05, 3.63) is 58.2 Å². The Morgan fingerprint density at radius 1 is 0.821 bits per heavy atom. The van der Waals surface area contributed by atoms with E-state index in [4.69, 9.17) is 9.97 Å². The van der Waals surface area contributed by atoms with Gasteiger partial charge in [-0.15, -0.1) is 0 Å². The molecule has 0 bridgehead atoms. The van der Waals surface area contributed by atoms with E-state index in [2.05, 4.69) is 52.0 Å². The Bertz CT molecular complexity index is 682. The summed E-state index contributed by atoms with van der Waals surface area (Å²) < 4.78 is 0. The van der Waals surface area contributed by atoms with Crippen molar-refractivity contribution in [3.8, 4) is 0 Å². The molecular formula is C26H42N2. The van der Waals surface area contributed by atoms with Gasteiger partial charge in [0.25, 0.3) is 0 Å². The maximum absolute atomic E-state index is 4.74. The molecule has 2 aromatic rings. The second-order valence-corrected chi connectivity index (χ2v) is 7.73. The van der Waals surface area contributed by atoms with E-state index < -0.39 is 0 Å². The van der Waals surface area contributed by atoms with Gasteiger partial charge in [0.05, 0.1) is 0 Å². The standard InChI is InChI=1S/C22H30N2.2C2H6/c1-15-7-5-8-19(11-15)12-20-9-6-10-21(13-20)14-22-23-17(3)16(2)18(4)24-22;2*1-2/h5,7-8,11,20-21H,6,9-10,12-14H2,1-4H3;2*1-2H3. The number of hydrogen-bond donors (Lipinski definition) is 0. The third-order valence-electron chi connectivity index (χ3n) is 5.65. The fraction of sp³-hybridized carbons (Fsp3) is 0.615. The molecule has 2 heteroatoms. The molecule has 0 radical (unpaired) electrons. The molecule has 0 saturated heterocycles. The predicted molar refractivity (Wildman–Crippen MR) is 123 cm³/mol. The van der Waals surface area contributed by atoms with Gasteiger partial charge in [0.2, 0.25) is 0 Å². The highest BCUT2D eigenvalue weighted by Gasteiger charge is 2.23. The van der Waals surface area contributed by atoms with Crippen LogP contribution < -0.4 is 0 Å². The zero-order valence-corrected chi connectivity index (χ0v) is 19.6. The molecule has 0 N–H and O–H groups in total. The second kappa shape index (κ2) is 12.7. The molecule has 2 unspecified atom stereocenters. The molecule has 1 saturated carbocycles. The quantitative estimate of drug-likeness (QED) is 0.552. The Kier molecular flexibility index (Phi) is 11.0. The Morgan fingerprint density at radius 2 is 1.39 bits per heavy atom. The lowest BCUT2D eigenvalue weighted by molar-refractivity contribution is 0.261. The second-order valence-electron chi connectivity index (χ2n) is 7.73. The Labute approximate surface area is 174 Å². The maximum Gasteiger partial charge on any atom is 0.129 e. The summed E-state index contributed by atoms with van der Waals surface area (Å²) in [5.74, 6) is 2.62. The first-order valence-electron chi connectivity index (χ1n) is 11.4. The third-order valence-corrected chi connectivity index (χ3v) is 5.65. The smallest absolute Gasteiger partial charge is 0.129 e. The Balaban J connectivity index is 0.000000921. The Morgan fingerprint density at radius 3 is 1.96 bits per heavy atom. The number of aromatic nitrogens is 2. The number of aryl methyl sites for hydroxylation is 3. The third kappa shape index (κ3) is 7.37. The summed E-state index contributed by atoms with van der Waals surface area (Å²) in [5, 5.41) is 0. The van der Waals surface area contributed by atoms with Crippen LogP contribution in [0.2, 0.25) is 0 Å². The van der Waals surface area contributed by atoms with Gasteiger partial charge in [-0.1, -0.05) is 70.4 Å². The molecule has 0 aliphatic heterocycles. The van der Waals surface area contributed by atoms with Crippen LogP contribution >= 0.6 is 0 Å². The van der Waals surface area contributed by atoms with E-state index in [1.807, 2.05) is 27.7 Å². The highest BCUT2D eigenvalue weighted by Crippen LogP contribution is 2.33. The van der Waals surface area contributed by atoms with Crippen molar-refractivity contribution in [2.75, 3.05) is 0 Å². The number of benzene rings is 1. The summed E-state index contributed by atoms with van der Waals surface area (Å²) in [7, 11) is 0. The molecule has 2 nitrogen and oxygen atoms in total. The lowest BCUT2D eigenvalue weighted by Crippen LogP contribution is -2.20. The first kappa shape index (κ1) is 24.3. The highest BCUT2D eigenvalue weighted by atomic mass is 14.9. The van der Waals surface area contributed by atoms with Gasteiger partial charge in [0.15, 0.2) is 0 Å². The zero-order chi connectivity index (χ0) is 21.1. The SMILES string of the molecule is CC.CC.Cc1cccc(CC2CCCC(Cc3nc(C)c(C)c(C)n3)C2)c1. The fourth-order valence-electron chi connectivity index (χ4n) is 4.14. The van der Waals surface area contributed by atoms with Crippen LogP contribution in [0, 0.1) is 39.5 Å². The zero-order valence-electron chi connectivity index (χ0n) is 19.6. The topological polar surface area (TPSA) is 25.8 Å². The number of hydrogen-bond acceptors (Lipinski definition) is 2. The molecule has 28 heavy (non-hydrogen) atoms. The minimum Gasteiger partial charge on any atom is -0.238 e. The summed E-state index contributed by atoms with van der Waals surface area (Å²) >= 11 is 0. The van der Waals surface area contributed by atoms with Crippen LogP contribution in [0.3, 0.4) is 0 Å². The van der Waals surface area contributed by atoms with Crippen molar-refractivity contribution in [1.29, 1.82) is 0 Å². The molecule has 1 heterocycles. The molecule has 1 aromatic heterocycles. The molecule has 1 aromatic carbocycles. The molecular weight excluding hydrogens is 340 g/mol. The van der Waals surface area contributed by atoms with Crippen molar-refractivity contribution in [2.45, 2.75) is 93.9 Å². The molecule has 0 spiro atoms. The molecule has 1 aliphatic carbocycles. The monoisotopic (exact) mass is 382 g/mol. The molecule has 1 fully saturated rings. The minimum atomic E-state index is 0.745. The summed E-state index contributed by atoms with van der Waals surface area (Å²) in [6.07, 6.45) is 7.66. The number of nitrogens with zero attached hydrogens (tertiary/aromatic N) is 2. The lowest BCUT2D eigenvalue weighted by atomic mass is 9.77. The van der Waals surface area contributed by atoms with Gasteiger partial charge in [-0.05, 0) is 69.9 Å².